The lowest BCUT2D eigenvalue weighted by Crippen LogP contribution is -2.47. The quantitative estimate of drug-likeness (QED) is 0.0979. The number of hydrogen-bond acceptors (Lipinski definition) is 11. The second-order valence-corrected chi connectivity index (χ2v) is 12.2. The molecule has 1 aromatic rings. The van der Waals surface area contributed by atoms with Gasteiger partial charge in [0.1, 0.15) is 25.3 Å². The minimum absolute atomic E-state index is 0.0171. The van der Waals surface area contributed by atoms with Gasteiger partial charge in [-0.1, -0.05) is 24.3 Å². The van der Waals surface area contributed by atoms with Crippen molar-refractivity contribution in [2.24, 2.45) is 0 Å². The Kier molecular flexibility index (Phi) is 13.2. The molecule has 0 saturated carbocycles. The van der Waals surface area contributed by atoms with Crippen molar-refractivity contribution in [2.75, 3.05) is 26.8 Å². The van der Waals surface area contributed by atoms with Gasteiger partial charge < -0.3 is 14.6 Å². The Morgan fingerprint density at radius 2 is 1.73 bits per heavy atom. The Balaban J connectivity index is 0.000000294. The molecule has 40 heavy (non-hydrogen) atoms. The normalized spacial score (nSPS) is 15.8. The number of carboxylic acid groups (broad SMARTS) is 1. The van der Waals surface area contributed by atoms with Crippen molar-refractivity contribution in [3.05, 3.63) is 35.4 Å². The van der Waals surface area contributed by atoms with Crippen molar-refractivity contribution in [3.63, 3.8) is 0 Å². The number of aldehydes is 1. The van der Waals surface area contributed by atoms with Crippen LogP contribution in [0.1, 0.15) is 50.7 Å². The number of ketones is 3. The molecule has 2 aliphatic rings. The average Bonchev–Trinajstić information content (AvgIpc) is 3.70. The van der Waals surface area contributed by atoms with Crippen LogP contribution in [0.5, 0.6) is 0 Å². The molecule has 0 bridgehead atoms. The molecule has 0 unspecified atom stereocenters. The molecule has 2 amide bonds. The van der Waals surface area contributed by atoms with Gasteiger partial charge in [-0.25, -0.2) is 0 Å². The first-order valence-electron chi connectivity index (χ1n) is 12.7. The minimum atomic E-state index is -0.933. The molecular weight excluding hydrogens is 560 g/mol. The first kappa shape index (κ1) is 33.3. The van der Waals surface area contributed by atoms with E-state index in [0.29, 0.717) is 32.1 Å². The number of likely N-dealkylation sites (N-methyl/N-ethyl adjacent to an activating group) is 1. The van der Waals surface area contributed by atoms with Gasteiger partial charge in [0.05, 0.1) is 6.04 Å². The lowest BCUT2D eigenvalue weighted by atomic mass is 10.0. The zero-order valence-corrected chi connectivity index (χ0v) is 24.4. The summed E-state index contributed by atoms with van der Waals surface area (Å²) >= 11 is 0. The smallest absolute Gasteiger partial charge is 0.303 e. The summed E-state index contributed by atoms with van der Waals surface area (Å²) in [5, 5.41) is 8.65. The number of benzene rings is 1. The number of likely N-dealkylation sites (tertiary alicyclic amines) is 1. The van der Waals surface area contributed by atoms with Gasteiger partial charge in [0.15, 0.2) is 15.8 Å². The summed E-state index contributed by atoms with van der Waals surface area (Å²) in [5.74, 6) is -1.38. The van der Waals surface area contributed by atoms with Crippen LogP contribution >= 0.6 is 21.6 Å². The number of ether oxygens (including phenoxy) is 1. The molecule has 1 N–H and O–H groups in total. The molecule has 2 aliphatic heterocycles. The molecule has 218 valence electrons. The summed E-state index contributed by atoms with van der Waals surface area (Å²) in [5.41, 5.74) is 1.84. The summed E-state index contributed by atoms with van der Waals surface area (Å²) in [7, 11) is 4.51. The van der Waals surface area contributed by atoms with Crippen molar-refractivity contribution in [1.82, 2.24) is 9.80 Å². The van der Waals surface area contributed by atoms with Gasteiger partial charge in [-0.2, -0.15) is 0 Å². The molecule has 2 heterocycles. The van der Waals surface area contributed by atoms with Crippen molar-refractivity contribution < 1.29 is 43.4 Å². The molecule has 13 heteroatoms. The fourth-order valence-electron chi connectivity index (χ4n) is 3.95. The number of hydrogen-bond donors (Lipinski definition) is 1. The van der Waals surface area contributed by atoms with Gasteiger partial charge >= 0.3 is 5.97 Å². The molecule has 11 nitrogen and oxygen atoms in total. The minimum Gasteiger partial charge on any atom is -0.481 e. The van der Waals surface area contributed by atoms with Crippen LogP contribution in [0.3, 0.4) is 0 Å². The van der Waals surface area contributed by atoms with Crippen LogP contribution in [-0.4, -0.2) is 93.4 Å². The molecule has 1 aromatic carbocycles. The second kappa shape index (κ2) is 15.8. The molecule has 3 rings (SSSR count). The highest BCUT2D eigenvalue weighted by molar-refractivity contribution is 8.94. The standard InChI is InChI=1S/C17H19NO5.C10H15NO4S2/c19-9-10-23-12-15(20)11-14-3-1-13(2-4-14)5-6-16(21)18-8-7-17(18)22;1-6(12)8(4-5-9(14)15)11(3)10(7(2)13)16-17-10/h1-4,9H,5-8,10-12H2;8H,4-5H2,1-3H3,(H,14,15)/t;8-/m.0/s1. The maximum atomic E-state index is 11.8. The summed E-state index contributed by atoms with van der Waals surface area (Å²) in [6, 6.07) is 6.91. The van der Waals surface area contributed by atoms with E-state index in [1.54, 1.807) is 11.9 Å². The van der Waals surface area contributed by atoms with Gasteiger partial charge in [0.25, 0.3) is 0 Å². The molecule has 1 atom stereocenters. The fourth-order valence-corrected chi connectivity index (χ4v) is 6.40. The molecule has 2 fully saturated rings. The maximum absolute atomic E-state index is 11.8. The van der Waals surface area contributed by atoms with E-state index in [4.69, 9.17) is 9.84 Å². The molecular formula is C27H34N2O9S2. The number of carboxylic acids is 1. The number of β-lactam (4-membered cyclic amide) rings is 1. The number of aliphatic carboxylic acids is 1. The maximum Gasteiger partial charge on any atom is 0.303 e. The van der Waals surface area contributed by atoms with Crippen molar-refractivity contribution in [3.8, 4) is 0 Å². The Morgan fingerprint density at radius 3 is 2.17 bits per heavy atom. The molecule has 0 aromatic heterocycles. The van der Waals surface area contributed by atoms with Crippen molar-refractivity contribution in [2.45, 2.75) is 62.6 Å². The summed E-state index contributed by atoms with van der Waals surface area (Å²) in [6.07, 6.45) is 2.36. The Labute approximate surface area is 240 Å². The number of amides is 2. The number of aryl methyl sites for hydroxylation is 1. The van der Waals surface area contributed by atoms with Crippen molar-refractivity contribution in [1.29, 1.82) is 0 Å². The van der Waals surface area contributed by atoms with Crippen LogP contribution in [0, 0.1) is 0 Å². The Hall–Kier alpha value is -2.87. The van der Waals surface area contributed by atoms with E-state index in [9.17, 15) is 33.6 Å². The molecule has 0 spiro atoms. The molecule has 2 saturated heterocycles. The van der Waals surface area contributed by atoms with E-state index in [2.05, 4.69) is 0 Å². The number of Topliss-reactive ketones (excluding diaryl/α,β-unsaturated/α-hetero) is 3. The largest absolute Gasteiger partial charge is 0.481 e. The van der Waals surface area contributed by atoms with E-state index in [1.807, 2.05) is 24.3 Å². The number of carbonyl (C=O) groups is 7. The predicted octanol–water partition coefficient (Wildman–Crippen LogP) is 2.08. The molecule has 0 radical (unpaired) electrons. The third kappa shape index (κ3) is 9.95. The topological polar surface area (TPSA) is 155 Å². The van der Waals surface area contributed by atoms with Crippen LogP contribution in [-0.2, 0) is 51.1 Å². The third-order valence-electron chi connectivity index (χ3n) is 6.37. The number of rotatable bonds is 16. The van der Waals surface area contributed by atoms with Crippen molar-refractivity contribution >= 4 is 63.0 Å². The SMILES string of the molecule is CC(=O)[C@H](CCC(=O)O)N(C)C1(C(C)=O)SS1.O=CCOCC(=O)Cc1ccc(CCC(=O)N2CCC2=O)cc1. The van der Waals surface area contributed by atoms with E-state index >= 15 is 0 Å². The lowest BCUT2D eigenvalue weighted by molar-refractivity contribution is -0.152. The van der Waals surface area contributed by atoms with Crippen LogP contribution in [0.15, 0.2) is 24.3 Å². The third-order valence-corrected chi connectivity index (χ3v) is 9.45. The monoisotopic (exact) mass is 594 g/mol. The second-order valence-electron chi connectivity index (χ2n) is 9.38. The van der Waals surface area contributed by atoms with Crippen LogP contribution in [0.2, 0.25) is 0 Å². The highest BCUT2D eigenvalue weighted by Gasteiger charge is 2.56. The van der Waals surface area contributed by atoms with Crippen LogP contribution < -0.4 is 0 Å². The summed E-state index contributed by atoms with van der Waals surface area (Å²) < 4.78 is 4.18. The summed E-state index contributed by atoms with van der Waals surface area (Å²) in [6.45, 7) is 3.30. The fraction of sp³-hybridized carbons (Fsp3) is 0.519. The van der Waals surface area contributed by atoms with E-state index in [1.165, 1.54) is 40.3 Å². The van der Waals surface area contributed by atoms with Crippen LogP contribution in [0.25, 0.3) is 0 Å². The first-order chi connectivity index (χ1) is 18.9. The van der Waals surface area contributed by atoms with Gasteiger partial charge in [-0.15, -0.1) is 0 Å². The highest BCUT2D eigenvalue weighted by Crippen LogP contribution is 2.67. The zero-order valence-electron chi connectivity index (χ0n) is 22.8. The average molecular weight is 595 g/mol. The molecule has 0 aliphatic carbocycles. The summed E-state index contributed by atoms with van der Waals surface area (Å²) in [4.78, 5) is 81.2. The highest BCUT2D eigenvalue weighted by atomic mass is 33.2. The predicted molar refractivity (Wildman–Crippen MR) is 149 cm³/mol. The van der Waals surface area contributed by atoms with E-state index in [-0.39, 0.29) is 61.6 Å². The number of nitrogens with zero attached hydrogens (tertiary/aromatic N) is 2. The number of carbonyl (C=O) groups excluding carboxylic acids is 6. The Morgan fingerprint density at radius 1 is 1.10 bits per heavy atom. The van der Waals surface area contributed by atoms with Gasteiger partial charge in [-0.3, -0.25) is 38.6 Å². The van der Waals surface area contributed by atoms with Crippen LogP contribution in [0.4, 0.5) is 0 Å². The number of imide groups is 1. The Bertz CT molecular complexity index is 1120. The van der Waals surface area contributed by atoms with Gasteiger partial charge in [0.2, 0.25) is 11.8 Å². The van der Waals surface area contributed by atoms with Gasteiger partial charge in [0, 0.05) is 32.2 Å². The lowest BCUT2D eigenvalue weighted by Gasteiger charge is -2.29. The zero-order chi connectivity index (χ0) is 29.9. The van der Waals surface area contributed by atoms with E-state index in [0.717, 1.165) is 11.1 Å². The van der Waals surface area contributed by atoms with Gasteiger partial charge in [-0.05, 0) is 66.5 Å². The first-order valence-corrected chi connectivity index (χ1v) is 14.8. The van der Waals surface area contributed by atoms with E-state index < -0.39 is 16.2 Å².